The van der Waals surface area contributed by atoms with E-state index < -0.39 is 22.0 Å². The molecule has 8 heteroatoms. The summed E-state index contributed by atoms with van der Waals surface area (Å²) in [6, 6.07) is 0.356. The van der Waals surface area contributed by atoms with E-state index in [9.17, 15) is 13.2 Å². The molecule has 0 saturated carbocycles. The van der Waals surface area contributed by atoms with E-state index in [4.69, 9.17) is 10.2 Å². The molecule has 0 spiro atoms. The van der Waals surface area contributed by atoms with Crippen molar-refractivity contribution in [1.82, 2.24) is 9.29 Å². The molecule has 0 bridgehead atoms. The van der Waals surface area contributed by atoms with Crippen LogP contribution in [0.1, 0.15) is 43.7 Å². The van der Waals surface area contributed by atoms with Crippen molar-refractivity contribution in [3.05, 3.63) is 18.0 Å². The highest BCUT2D eigenvalue weighted by molar-refractivity contribution is 7.89. The number of carboxylic acids is 1. The normalized spacial score (nSPS) is 13.7. The summed E-state index contributed by atoms with van der Waals surface area (Å²) in [5, 5.41) is 18.1. The van der Waals surface area contributed by atoms with Gasteiger partial charge in [0, 0.05) is 18.3 Å². The zero-order valence-corrected chi connectivity index (χ0v) is 12.5. The molecule has 0 aromatic carbocycles. The number of aliphatic hydroxyl groups excluding tert-OH is 1. The number of aromatic nitrogens is 1. The Labute approximate surface area is 118 Å². The van der Waals surface area contributed by atoms with E-state index in [2.05, 4.69) is 4.72 Å². The van der Waals surface area contributed by atoms with Crippen LogP contribution in [0.4, 0.5) is 0 Å². The topological polar surface area (TPSA) is 109 Å². The predicted octanol–water partition coefficient (Wildman–Crippen LogP) is 0.816. The summed E-state index contributed by atoms with van der Waals surface area (Å²) in [6.45, 7) is 4.95. The molecule has 0 unspecified atom stereocenters. The SMILES string of the molecule is CC[C@H](CO)NS(=O)(=O)c1cc(C(=O)O)n(C(C)C)c1. The highest BCUT2D eigenvalue weighted by Gasteiger charge is 2.24. The Bertz CT molecular complexity index is 573. The Morgan fingerprint density at radius 3 is 2.40 bits per heavy atom. The first kappa shape index (κ1) is 16.7. The van der Waals surface area contributed by atoms with Crippen molar-refractivity contribution in [2.24, 2.45) is 0 Å². The van der Waals surface area contributed by atoms with Gasteiger partial charge in [0.05, 0.1) is 6.61 Å². The number of carboxylic acid groups (broad SMARTS) is 1. The summed E-state index contributed by atoms with van der Waals surface area (Å²) in [6.07, 6.45) is 1.73. The molecule has 0 fully saturated rings. The molecule has 3 N–H and O–H groups in total. The lowest BCUT2D eigenvalue weighted by molar-refractivity contribution is 0.0683. The third kappa shape index (κ3) is 3.59. The number of aromatic carboxylic acids is 1. The summed E-state index contributed by atoms with van der Waals surface area (Å²) in [7, 11) is -3.85. The van der Waals surface area contributed by atoms with Gasteiger partial charge in [-0.25, -0.2) is 17.9 Å². The zero-order valence-electron chi connectivity index (χ0n) is 11.7. The Morgan fingerprint density at radius 2 is 2.05 bits per heavy atom. The van der Waals surface area contributed by atoms with E-state index in [1.54, 1.807) is 20.8 Å². The molecule has 0 aliphatic heterocycles. The van der Waals surface area contributed by atoms with Crippen LogP contribution in [0.3, 0.4) is 0 Å². The summed E-state index contributed by atoms with van der Waals surface area (Å²) in [5.41, 5.74) is -0.0857. The first-order valence-electron chi connectivity index (χ1n) is 6.31. The minimum Gasteiger partial charge on any atom is -0.477 e. The molecule has 0 amide bonds. The molecule has 20 heavy (non-hydrogen) atoms. The van der Waals surface area contributed by atoms with Gasteiger partial charge in [-0.3, -0.25) is 0 Å². The minimum absolute atomic E-state index is 0.0857. The minimum atomic E-state index is -3.85. The van der Waals surface area contributed by atoms with Crippen molar-refractivity contribution in [2.75, 3.05) is 6.61 Å². The average molecular weight is 304 g/mol. The second-order valence-electron chi connectivity index (χ2n) is 4.78. The van der Waals surface area contributed by atoms with Crippen LogP contribution in [-0.4, -0.2) is 41.8 Å². The van der Waals surface area contributed by atoms with E-state index in [1.807, 2.05) is 0 Å². The molecule has 1 heterocycles. The number of rotatable bonds is 7. The van der Waals surface area contributed by atoms with Gasteiger partial charge < -0.3 is 14.8 Å². The molecule has 0 radical (unpaired) electrons. The molecule has 7 nitrogen and oxygen atoms in total. The van der Waals surface area contributed by atoms with Crippen molar-refractivity contribution in [1.29, 1.82) is 0 Å². The van der Waals surface area contributed by atoms with Crippen LogP contribution in [-0.2, 0) is 10.0 Å². The van der Waals surface area contributed by atoms with Crippen LogP contribution in [0.2, 0.25) is 0 Å². The summed E-state index contributed by atoms with van der Waals surface area (Å²) < 4.78 is 28.0. The van der Waals surface area contributed by atoms with Crippen molar-refractivity contribution < 1.29 is 23.4 Å². The van der Waals surface area contributed by atoms with Crippen molar-refractivity contribution >= 4 is 16.0 Å². The number of sulfonamides is 1. The summed E-state index contributed by atoms with van der Waals surface area (Å²) >= 11 is 0. The standard InChI is InChI=1S/C12H20N2O5S/c1-4-9(7-15)13-20(18,19)10-5-11(12(16)17)14(6-10)8(2)3/h5-6,8-9,13,15H,4,7H2,1-3H3,(H,16,17)/t9-/m1/s1. The molecular weight excluding hydrogens is 284 g/mol. The van der Waals surface area contributed by atoms with Gasteiger partial charge in [-0.1, -0.05) is 6.92 Å². The average Bonchev–Trinajstić information content (AvgIpc) is 2.82. The molecular formula is C12H20N2O5S. The number of carbonyl (C=O) groups is 1. The number of hydrogen-bond acceptors (Lipinski definition) is 4. The molecule has 1 aromatic heterocycles. The van der Waals surface area contributed by atoms with Crippen LogP contribution in [0.5, 0.6) is 0 Å². The monoisotopic (exact) mass is 304 g/mol. The maximum atomic E-state index is 12.1. The number of hydrogen-bond donors (Lipinski definition) is 3. The number of nitrogens with one attached hydrogen (secondary N) is 1. The lowest BCUT2D eigenvalue weighted by Crippen LogP contribution is -2.36. The Hall–Kier alpha value is -1.38. The second-order valence-corrected chi connectivity index (χ2v) is 6.49. The van der Waals surface area contributed by atoms with E-state index in [1.165, 1.54) is 10.8 Å². The fourth-order valence-corrected chi connectivity index (χ4v) is 3.07. The van der Waals surface area contributed by atoms with Crippen molar-refractivity contribution in [3.8, 4) is 0 Å². The van der Waals surface area contributed by atoms with E-state index >= 15 is 0 Å². The van der Waals surface area contributed by atoms with Gasteiger partial charge in [0.15, 0.2) is 0 Å². The van der Waals surface area contributed by atoms with Crippen molar-refractivity contribution in [2.45, 2.75) is 44.2 Å². The molecule has 0 saturated heterocycles. The van der Waals surface area contributed by atoms with Crippen molar-refractivity contribution in [3.63, 3.8) is 0 Å². The molecule has 0 aliphatic carbocycles. The van der Waals surface area contributed by atoms with Crippen LogP contribution in [0, 0.1) is 0 Å². The maximum absolute atomic E-state index is 12.1. The van der Waals surface area contributed by atoms with E-state index in [-0.39, 0.29) is 23.2 Å². The fraction of sp³-hybridized carbons (Fsp3) is 0.583. The van der Waals surface area contributed by atoms with E-state index in [0.29, 0.717) is 6.42 Å². The molecule has 114 valence electrons. The predicted molar refractivity (Wildman–Crippen MR) is 73.3 cm³/mol. The van der Waals surface area contributed by atoms with Gasteiger partial charge in [-0.2, -0.15) is 0 Å². The van der Waals surface area contributed by atoms with Gasteiger partial charge in [0.1, 0.15) is 10.6 Å². The van der Waals surface area contributed by atoms with Gasteiger partial charge in [0.25, 0.3) is 0 Å². The third-order valence-electron chi connectivity index (χ3n) is 2.94. The molecule has 1 atom stereocenters. The summed E-state index contributed by atoms with van der Waals surface area (Å²) in [4.78, 5) is 11.0. The van der Waals surface area contributed by atoms with Gasteiger partial charge in [-0.05, 0) is 26.3 Å². The lowest BCUT2D eigenvalue weighted by Gasteiger charge is -2.13. The number of aliphatic hydroxyl groups is 1. The zero-order chi connectivity index (χ0) is 15.5. The first-order valence-corrected chi connectivity index (χ1v) is 7.79. The highest BCUT2D eigenvalue weighted by Crippen LogP contribution is 2.19. The van der Waals surface area contributed by atoms with Gasteiger partial charge >= 0.3 is 5.97 Å². The Balaban J connectivity index is 3.19. The second kappa shape index (κ2) is 6.38. The highest BCUT2D eigenvalue weighted by atomic mass is 32.2. The van der Waals surface area contributed by atoms with Crippen LogP contribution in [0.25, 0.3) is 0 Å². The third-order valence-corrected chi connectivity index (χ3v) is 4.43. The number of nitrogens with zero attached hydrogens (tertiary/aromatic N) is 1. The lowest BCUT2D eigenvalue weighted by atomic mass is 10.3. The quantitative estimate of drug-likeness (QED) is 0.691. The maximum Gasteiger partial charge on any atom is 0.352 e. The van der Waals surface area contributed by atoms with E-state index in [0.717, 1.165) is 6.07 Å². The summed E-state index contributed by atoms with van der Waals surface area (Å²) in [5.74, 6) is -1.19. The molecule has 0 aliphatic rings. The van der Waals surface area contributed by atoms with Crippen LogP contribution in [0.15, 0.2) is 17.2 Å². The largest absolute Gasteiger partial charge is 0.477 e. The van der Waals surface area contributed by atoms with Crippen LogP contribution >= 0.6 is 0 Å². The molecule has 1 aromatic rings. The van der Waals surface area contributed by atoms with Gasteiger partial charge in [0.2, 0.25) is 10.0 Å². The van der Waals surface area contributed by atoms with Crippen LogP contribution < -0.4 is 4.72 Å². The van der Waals surface area contributed by atoms with Gasteiger partial charge in [-0.15, -0.1) is 0 Å². The Kier molecular flexibility index (Phi) is 5.32. The molecule has 1 rings (SSSR count). The smallest absolute Gasteiger partial charge is 0.352 e. The Morgan fingerprint density at radius 1 is 1.45 bits per heavy atom. The first-order chi connectivity index (χ1) is 9.22. The fourth-order valence-electron chi connectivity index (χ4n) is 1.74.